The highest BCUT2D eigenvalue weighted by molar-refractivity contribution is 5.27. The van der Waals surface area contributed by atoms with E-state index in [9.17, 15) is 4.39 Å². The van der Waals surface area contributed by atoms with Gasteiger partial charge in [0.05, 0.1) is 6.61 Å². The second kappa shape index (κ2) is 7.28. The fourth-order valence-electron chi connectivity index (χ4n) is 1.55. The van der Waals surface area contributed by atoms with E-state index in [1.165, 1.54) is 6.07 Å². The zero-order chi connectivity index (χ0) is 12.7. The summed E-state index contributed by atoms with van der Waals surface area (Å²) in [5, 5.41) is 3.20. The third-order valence-corrected chi connectivity index (χ3v) is 2.94. The molecular weight excluding hydrogens is 217 g/mol. The van der Waals surface area contributed by atoms with Gasteiger partial charge in [-0.15, -0.1) is 0 Å². The van der Waals surface area contributed by atoms with Crippen molar-refractivity contribution in [2.24, 2.45) is 0 Å². The van der Waals surface area contributed by atoms with Gasteiger partial charge in [-0.3, -0.25) is 0 Å². The Kier molecular flexibility index (Phi) is 5.98. The molecule has 0 spiro atoms. The van der Waals surface area contributed by atoms with Gasteiger partial charge in [0.25, 0.3) is 0 Å². The van der Waals surface area contributed by atoms with Gasteiger partial charge in [0.15, 0.2) is 0 Å². The quantitative estimate of drug-likeness (QED) is 0.737. The number of hydrogen-bond acceptors (Lipinski definition) is 2. The van der Waals surface area contributed by atoms with Gasteiger partial charge in [-0.25, -0.2) is 4.39 Å². The van der Waals surface area contributed by atoms with Crippen molar-refractivity contribution in [2.45, 2.75) is 39.2 Å². The fraction of sp³-hybridized carbons (Fsp3) is 0.571. The molecule has 0 aromatic heterocycles. The third kappa shape index (κ3) is 5.18. The molecule has 1 rings (SSSR count). The minimum absolute atomic E-state index is 0.202. The first-order chi connectivity index (χ1) is 8.13. The van der Waals surface area contributed by atoms with E-state index in [1.54, 1.807) is 13.0 Å². The van der Waals surface area contributed by atoms with Crippen LogP contribution in [0.4, 0.5) is 4.39 Å². The molecule has 1 unspecified atom stereocenters. The van der Waals surface area contributed by atoms with Crippen molar-refractivity contribution < 1.29 is 9.13 Å². The Morgan fingerprint density at radius 3 is 2.76 bits per heavy atom. The van der Waals surface area contributed by atoms with E-state index in [0.717, 1.165) is 19.3 Å². The van der Waals surface area contributed by atoms with Gasteiger partial charge in [-0.05, 0) is 51.8 Å². The van der Waals surface area contributed by atoms with E-state index >= 15 is 0 Å². The molecule has 0 saturated heterocycles. The van der Waals surface area contributed by atoms with Crippen LogP contribution in [0.3, 0.4) is 0 Å². The molecule has 1 atom stereocenters. The Bertz CT molecular complexity index is 341. The fourth-order valence-corrected chi connectivity index (χ4v) is 1.55. The summed E-state index contributed by atoms with van der Waals surface area (Å²) in [6.45, 7) is 4.56. The normalized spacial score (nSPS) is 12.5. The predicted octanol–water partition coefficient (Wildman–Crippen LogP) is 3.29. The van der Waals surface area contributed by atoms with Crippen LogP contribution >= 0.6 is 0 Å². The molecular formula is C14H22FNO. The number of nitrogens with one attached hydrogen (secondary N) is 1. The van der Waals surface area contributed by atoms with Crippen LogP contribution in [-0.4, -0.2) is 19.7 Å². The summed E-state index contributed by atoms with van der Waals surface area (Å²) in [7, 11) is 1.97. The average molecular weight is 239 g/mol. The van der Waals surface area contributed by atoms with Crippen molar-refractivity contribution in [2.75, 3.05) is 13.7 Å². The Labute approximate surface area is 103 Å². The minimum atomic E-state index is -0.202. The maximum Gasteiger partial charge on any atom is 0.129 e. The molecule has 0 bridgehead atoms. The molecule has 0 aliphatic carbocycles. The van der Waals surface area contributed by atoms with Crippen LogP contribution in [0.15, 0.2) is 18.2 Å². The summed E-state index contributed by atoms with van der Waals surface area (Å²) < 4.78 is 18.7. The highest BCUT2D eigenvalue weighted by Crippen LogP contribution is 2.16. The highest BCUT2D eigenvalue weighted by Gasteiger charge is 2.01. The summed E-state index contributed by atoms with van der Waals surface area (Å²) in [4.78, 5) is 0. The Morgan fingerprint density at radius 2 is 2.12 bits per heavy atom. The van der Waals surface area contributed by atoms with Crippen molar-refractivity contribution in [1.29, 1.82) is 0 Å². The van der Waals surface area contributed by atoms with E-state index in [2.05, 4.69) is 12.2 Å². The van der Waals surface area contributed by atoms with E-state index in [4.69, 9.17) is 4.74 Å². The first kappa shape index (κ1) is 14.0. The zero-order valence-corrected chi connectivity index (χ0v) is 10.9. The van der Waals surface area contributed by atoms with E-state index in [1.807, 2.05) is 13.1 Å². The molecule has 0 radical (unpaired) electrons. The number of hydrogen-bond donors (Lipinski definition) is 1. The Hall–Kier alpha value is -1.09. The molecule has 1 aromatic carbocycles. The van der Waals surface area contributed by atoms with Gasteiger partial charge in [-0.1, -0.05) is 6.07 Å². The monoisotopic (exact) mass is 239 g/mol. The molecule has 0 amide bonds. The molecule has 1 N–H and O–H groups in total. The molecule has 17 heavy (non-hydrogen) atoms. The molecule has 0 fully saturated rings. The number of unbranched alkanes of at least 4 members (excludes halogenated alkanes) is 1. The number of ether oxygens (including phenoxy) is 1. The van der Waals surface area contributed by atoms with Gasteiger partial charge in [-0.2, -0.15) is 0 Å². The minimum Gasteiger partial charge on any atom is -0.493 e. The lowest BCUT2D eigenvalue weighted by Crippen LogP contribution is -2.20. The maximum atomic E-state index is 13.2. The van der Waals surface area contributed by atoms with E-state index in [-0.39, 0.29) is 5.82 Å². The average Bonchev–Trinajstić information content (AvgIpc) is 2.33. The van der Waals surface area contributed by atoms with Crippen molar-refractivity contribution in [3.05, 3.63) is 29.6 Å². The molecule has 1 aromatic rings. The zero-order valence-electron chi connectivity index (χ0n) is 10.9. The number of halogens is 1. The molecule has 0 aliphatic heterocycles. The smallest absolute Gasteiger partial charge is 0.129 e. The van der Waals surface area contributed by atoms with E-state index in [0.29, 0.717) is 24.0 Å². The van der Waals surface area contributed by atoms with Crippen LogP contribution < -0.4 is 10.1 Å². The Balaban J connectivity index is 2.20. The molecule has 0 saturated carbocycles. The van der Waals surface area contributed by atoms with Crippen LogP contribution in [0.25, 0.3) is 0 Å². The highest BCUT2D eigenvalue weighted by atomic mass is 19.1. The first-order valence-electron chi connectivity index (χ1n) is 6.19. The SMILES string of the molecule is CNC(C)CCCCOc1ccc(C)c(F)c1. The summed E-state index contributed by atoms with van der Waals surface area (Å²) in [5.74, 6) is 0.418. The number of benzene rings is 1. The number of rotatable bonds is 7. The van der Waals surface area contributed by atoms with Crippen LogP contribution in [0.5, 0.6) is 5.75 Å². The lowest BCUT2D eigenvalue weighted by Gasteiger charge is -2.10. The van der Waals surface area contributed by atoms with Crippen molar-refractivity contribution in [3.8, 4) is 5.75 Å². The van der Waals surface area contributed by atoms with Gasteiger partial charge < -0.3 is 10.1 Å². The second-order valence-corrected chi connectivity index (χ2v) is 4.44. The van der Waals surface area contributed by atoms with E-state index < -0.39 is 0 Å². The Morgan fingerprint density at radius 1 is 1.35 bits per heavy atom. The summed E-state index contributed by atoms with van der Waals surface area (Å²) in [6.07, 6.45) is 3.26. The second-order valence-electron chi connectivity index (χ2n) is 4.44. The first-order valence-corrected chi connectivity index (χ1v) is 6.19. The van der Waals surface area contributed by atoms with Crippen molar-refractivity contribution >= 4 is 0 Å². The molecule has 0 aliphatic rings. The summed E-state index contributed by atoms with van der Waals surface area (Å²) in [5.41, 5.74) is 0.653. The van der Waals surface area contributed by atoms with Crippen LogP contribution in [-0.2, 0) is 0 Å². The molecule has 96 valence electrons. The summed E-state index contributed by atoms with van der Waals surface area (Å²) in [6, 6.07) is 5.56. The van der Waals surface area contributed by atoms with Crippen LogP contribution in [0.1, 0.15) is 31.7 Å². The van der Waals surface area contributed by atoms with Crippen molar-refractivity contribution in [1.82, 2.24) is 5.32 Å². The topological polar surface area (TPSA) is 21.3 Å². The lowest BCUT2D eigenvalue weighted by molar-refractivity contribution is 0.301. The number of aryl methyl sites for hydroxylation is 1. The van der Waals surface area contributed by atoms with Crippen molar-refractivity contribution in [3.63, 3.8) is 0 Å². The van der Waals surface area contributed by atoms with Crippen LogP contribution in [0.2, 0.25) is 0 Å². The third-order valence-electron chi connectivity index (χ3n) is 2.94. The largest absolute Gasteiger partial charge is 0.493 e. The van der Waals surface area contributed by atoms with Crippen LogP contribution in [0, 0.1) is 12.7 Å². The van der Waals surface area contributed by atoms with Gasteiger partial charge in [0, 0.05) is 12.1 Å². The molecule has 2 nitrogen and oxygen atoms in total. The lowest BCUT2D eigenvalue weighted by atomic mass is 10.1. The van der Waals surface area contributed by atoms with Gasteiger partial charge in [0.2, 0.25) is 0 Å². The molecule has 3 heteroatoms. The maximum absolute atomic E-state index is 13.2. The standard InChI is InChI=1S/C14H22FNO/c1-11-7-8-13(10-14(11)15)17-9-5-4-6-12(2)16-3/h7-8,10,12,16H,4-6,9H2,1-3H3. The van der Waals surface area contributed by atoms with Gasteiger partial charge in [0.1, 0.15) is 11.6 Å². The molecule has 0 heterocycles. The van der Waals surface area contributed by atoms with Gasteiger partial charge >= 0.3 is 0 Å². The summed E-state index contributed by atoms with van der Waals surface area (Å²) >= 11 is 0. The predicted molar refractivity (Wildman–Crippen MR) is 69.0 cm³/mol.